The van der Waals surface area contributed by atoms with E-state index in [4.69, 9.17) is 4.74 Å². The van der Waals surface area contributed by atoms with E-state index in [0.29, 0.717) is 11.8 Å². The molecule has 0 amide bonds. The second-order valence-corrected chi connectivity index (χ2v) is 5.14. The minimum absolute atomic E-state index is 0.0251. The molecule has 0 bridgehead atoms. The van der Waals surface area contributed by atoms with Crippen LogP contribution in [0, 0.1) is 0 Å². The molecule has 4 nitrogen and oxygen atoms in total. The molecule has 20 heavy (non-hydrogen) atoms. The molecule has 1 atom stereocenters. The minimum atomic E-state index is -0.0251. The molecule has 1 aliphatic rings. The highest BCUT2D eigenvalue weighted by atomic mass is 16.5. The molecule has 1 N–H and O–H groups in total. The Hall–Kier alpha value is -2.10. The van der Waals surface area contributed by atoms with Gasteiger partial charge in [0, 0.05) is 19.0 Å². The van der Waals surface area contributed by atoms with Crippen LogP contribution in [-0.4, -0.2) is 17.0 Å². The molecule has 1 saturated carbocycles. The van der Waals surface area contributed by atoms with Gasteiger partial charge >= 0.3 is 0 Å². The average Bonchev–Trinajstić information content (AvgIpc) is 3.32. The SMILES string of the molecule is CNc1cc(OC(C)c2ccccc2)nc(C2CC2)n1. The molecule has 104 valence electrons. The Balaban J connectivity index is 1.81. The minimum Gasteiger partial charge on any atom is -0.470 e. The van der Waals surface area contributed by atoms with Crippen molar-refractivity contribution >= 4 is 5.82 Å². The van der Waals surface area contributed by atoms with E-state index in [9.17, 15) is 0 Å². The summed E-state index contributed by atoms with van der Waals surface area (Å²) in [5.74, 6) is 2.87. The van der Waals surface area contributed by atoms with Gasteiger partial charge in [0.1, 0.15) is 17.7 Å². The summed E-state index contributed by atoms with van der Waals surface area (Å²) in [6.07, 6.45) is 2.34. The van der Waals surface area contributed by atoms with Crippen LogP contribution in [0.3, 0.4) is 0 Å². The van der Waals surface area contributed by atoms with Crippen molar-refractivity contribution in [2.75, 3.05) is 12.4 Å². The van der Waals surface area contributed by atoms with Gasteiger partial charge in [-0.05, 0) is 25.3 Å². The molecular weight excluding hydrogens is 250 g/mol. The van der Waals surface area contributed by atoms with E-state index in [0.717, 1.165) is 17.2 Å². The summed E-state index contributed by atoms with van der Waals surface area (Å²) in [6, 6.07) is 12.0. The van der Waals surface area contributed by atoms with Gasteiger partial charge in [-0.3, -0.25) is 0 Å². The summed E-state index contributed by atoms with van der Waals surface area (Å²) in [4.78, 5) is 9.03. The predicted octanol–water partition coefficient (Wildman–Crippen LogP) is 3.54. The van der Waals surface area contributed by atoms with Crippen molar-refractivity contribution < 1.29 is 4.74 Å². The van der Waals surface area contributed by atoms with E-state index >= 15 is 0 Å². The molecule has 2 aromatic rings. The van der Waals surface area contributed by atoms with Crippen LogP contribution in [0.1, 0.15) is 43.2 Å². The quantitative estimate of drug-likeness (QED) is 0.902. The average molecular weight is 269 g/mol. The standard InChI is InChI=1S/C16H19N3O/c1-11(12-6-4-3-5-7-12)20-15-10-14(17-2)18-16(19-15)13-8-9-13/h3-7,10-11,13H,8-9H2,1-2H3,(H,17,18,19). The fourth-order valence-corrected chi connectivity index (χ4v) is 2.13. The predicted molar refractivity (Wildman–Crippen MR) is 79.0 cm³/mol. The number of nitrogens with zero attached hydrogens (tertiary/aromatic N) is 2. The van der Waals surface area contributed by atoms with Crippen molar-refractivity contribution in [3.63, 3.8) is 0 Å². The van der Waals surface area contributed by atoms with Crippen molar-refractivity contribution in [1.82, 2.24) is 9.97 Å². The Morgan fingerprint density at radius 2 is 1.95 bits per heavy atom. The summed E-state index contributed by atoms with van der Waals surface area (Å²) in [6.45, 7) is 2.04. The second kappa shape index (κ2) is 5.49. The molecule has 0 radical (unpaired) electrons. The number of hydrogen-bond acceptors (Lipinski definition) is 4. The van der Waals surface area contributed by atoms with Gasteiger partial charge in [0.15, 0.2) is 0 Å². The molecule has 0 saturated heterocycles. The highest BCUT2D eigenvalue weighted by Crippen LogP contribution is 2.39. The van der Waals surface area contributed by atoms with Crippen molar-refractivity contribution in [1.29, 1.82) is 0 Å². The Morgan fingerprint density at radius 3 is 2.60 bits per heavy atom. The van der Waals surface area contributed by atoms with Gasteiger partial charge in [-0.2, -0.15) is 4.98 Å². The first-order chi connectivity index (χ1) is 9.76. The van der Waals surface area contributed by atoms with Gasteiger partial charge in [-0.25, -0.2) is 4.98 Å². The number of hydrogen-bond donors (Lipinski definition) is 1. The third-order valence-corrected chi connectivity index (χ3v) is 3.49. The van der Waals surface area contributed by atoms with E-state index in [1.807, 2.05) is 38.2 Å². The number of ether oxygens (including phenoxy) is 1. The van der Waals surface area contributed by atoms with E-state index in [1.165, 1.54) is 12.8 Å². The highest BCUT2D eigenvalue weighted by Gasteiger charge is 2.27. The lowest BCUT2D eigenvalue weighted by atomic mass is 10.1. The van der Waals surface area contributed by atoms with Gasteiger partial charge < -0.3 is 10.1 Å². The lowest BCUT2D eigenvalue weighted by Crippen LogP contribution is -2.07. The van der Waals surface area contributed by atoms with Gasteiger partial charge in [0.05, 0.1) is 0 Å². The zero-order chi connectivity index (χ0) is 13.9. The van der Waals surface area contributed by atoms with Crippen LogP contribution in [-0.2, 0) is 0 Å². The molecule has 1 aliphatic carbocycles. The first-order valence-corrected chi connectivity index (χ1v) is 7.04. The van der Waals surface area contributed by atoms with Crippen molar-refractivity contribution in [2.24, 2.45) is 0 Å². The van der Waals surface area contributed by atoms with Gasteiger partial charge in [-0.1, -0.05) is 30.3 Å². The lowest BCUT2D eigenvalue weighted by molar-refractivity contribution is 0.216. The summed E-state index contributed by atoms with van der Waals surface area (Å²) >= 11 is 0. The van der Waals surface area contributed by atoms with Crippen LogP contribution >= 0.6 is 0 Å². The first kappa shape index (κ1) is 12.9. The molecule has 0 spiro atoms. The molecule has 4 heteroatoms. The molecule has 1 fully saturated rings. The van der Waals surface area contributed by atoms with E-state index < -0.39 is 0 Å². The molecule has 1 unspecified atom stereocenters. The molecule has 1 heterocycles. The highest BCUT2D eigenvalue weighted by molar-refractivity contribution is 5.39. The van der Waals surface area contributed by atoms with Crippen LogP contribution in [0.4, 0.5) is 5.82 Å². The summed E-state index contributed by atoms with van der Waals surface area (Å²) < 4.78 is 5.97. The number of benzene rings is 1. The number of rotatable bonds is 5. The molecule has 1 aromatic carbocycles. The van der Waals surface area contributed by atoms with E-state index in [2.05, 4.69) is 27.4 Å². The van der Waals surface area contributed by atoms with Crippen LogP contribution in [0.5, 0.6) is 5.88 Å². The maximum Gasteiger partial charge on any atom is 0.219 e. The fraction of sp³-hybridized carbons (Fsp3) is 0.375. The van der Waals surface area contributed by atoms with E-state index in [1.54, 1.807) is 0 Å². The molecular formula is C16H19N3O. The van der Waals surface area contributed by atoms with Crippen molar-refractivity contribution in [3.8, 4) is 5.88 Å². The van der Waals surface area contributed by atoms with Crippen LogP contribution < -0.4 is 10.1 Å². The number of anilines is 1. The number of aromatic nitrogens is 2. The van der Waals surface area contributed by atoms with Gasteiger partial charge in [0.25, 0.3) is 0 Å². The second-order valence-electron chi connectivity index (χ2n) is 5.14. The lowest BCUT2D eigenvalue weighted by Gasteiger charge is -2.15. The topological polar surface area (TPSA) is 47.0 Å². The third-order valence-electron chi connectivity index (χ3n) is 3.49. The maximum absolute atomic E-state index is 5.97. The summed E-state index contributed by atoms with van der Waals surface area (Å²) in [7, 11) is 1.86. The number of nitrogens with one attached hydrogen (secondary N) is 1. The van der Waals surface area contributed by atoms with Crippen LogP contribution in [0.15, 0.2) is 36.4 Å². The monoisotopic (exact) mass is 269 g/mol. The zero-order valence-corrected chi connectivity index (χ0v) is 11.8. The zero-order valence-electron chi connectivity index (χ0n) is 11.8. The Labute approximate surface area is 119 Å². The smallest absolute Gasteiger partial charge is 0.219 e. The van der Waals surface area contributed by atoms with E-state index in [-0.39, 0.29) is 6.10 Å². The fourth-order valence-electron chi connectivity index (χ4n) is 2.13. The van der Waals surface area contributed by atoms with Crippen molar-refractivity contribution in [2.45, 2.75) is 31.8 Å². The largest absolute Gasteiger partial charge is 0.470 e. The van der Waals surface area contributed by atoms with Crippen molar-refractivity contribution in [3.05, 3.63) is 47.8 Å². The van der Waals surface area contributed by atoms with Crippen LogP contribution in [0.25, 0.3) is 0 Å². The third kappa shape index (κ3) is 2.90. The van der Waals surface area contributed by atoms with Gasteiger partial charge in [0.2, 0.25) is 5.88 Å². The Bertz CT molecular complexity index is 582. The summed E-state index contributed by atoms with van der Waals surface area (Å²) in [5, 5.41) is 3.07. The molecule has 3 rings (SSSR count). The Kier molecular flexibility index (Phi) is 3.54. The molecule has 0 aliphatic heterocycles. The normalized spacial score (nSPS) is 15.7. The molecule has 1 aromatic heterocycles. The maximum atomic E-state index is 5.97. The van der Waals surface area contributed by atoms with Crippen LogP contribution in [0.2, 0.25) is 0 Å². The summed E-state index contributed by atoms with van der Waals surface area (Å²) in [5.41, 5.74) is 1.14. The first-order valence-electron chi connectivity index (χ1n) is 7.04. The Morgan fingerprint density at radius 1 is 1.20 bits per heavy atom. The van der Waals surface area contributed by atoms with Gasteiger partial charge in [-0.15, -0.1) is 0 Å².